The maximum absolute atomic E-state index is 10.8. The fourth-order valence-electron chi connectivity index (χ4n) is 2.79. The van der Waals surface area contributed by atoms with Crippen LogP contribution in [-0.4, -0.2) is 120 Å². The van der Waals surface area contributed by atoms with E-state index in [4.69, 9.17) is 29.1 Å². The highest BCUT2D eigenvalue weighted by Crippen LogP contribution is 2.40. The quantitative estimate of drug-likeness (QED) is 0.174. The molecule has 14 nitrogen and oxygen atoms in total. The van der Waals surface area contributed by atoms with Crippen LogP contribution in [0.25, 0.3) is 0 Å². The third kappa shape index (κ3) is 4.83. The van der Waals surface area contributed by atoms with Gasteiger partial charge in [-0.1, -0.05) is 0 Å². The lowest BCUT2D eigenvalue weighted by Crippen LogP contribution is -2.62. The van der Waals surface area contributed by atoms with E-state index in [9.17, 15) is 35.2 Å². The van der Waals surface area contributed by atoms with Crippen LogP contribution in [0.1, 0.15) is 0 Å². The van der Waals surface area contributed by atoms with Crippen LogP contribution in [-0.2, 0) is 23.3 Å². The molecular weight excluding hydrogens is 399 g/mol. The van der Waals surface area contributed by atoms with Crippen molar-refractivity contribution in [3.63, 3.8) is 0 Å². The third-order valence-electron chi connectivity index (χ3n) is 4.30. The molecule has 0 aromatic carbocycles. The summed E-state index contributed by atoms with van der Waals surface area (Å²) in [7, 11) is -4.92. The lowest BCUT2D eigenvalue weighted by Gasteiger charge is -2.43. The Balaban J connectivity index is 2.15. The molecule has 160 valence electrons. The van der Waals surface area contributed by atoms with Gasteiger partial charge in [-0.15, -0.1) is 0 Å². The summed E-state index contributed by atoms with van der Waals surface area (Å²) >= 11 is 0. The second-order valence-electron chi connectivity index (χ2n) is 6.16. The molecule has 0 amide bonds. The molecule has 2 aliphatic rings. The molecule has 0 aromatic heterocycles. The van der Waals surface area contributed by atoms with E-state index in [-0.39, 0.29) is 0 Å². The first-order valence-corrected chi connectivity index (χ1v) is 9.32. The van der Waals surface area contributed by atoms with Crippen molar-refractivity contribution in [2.45, 2.75) is 54.8 Å². The Kier molecular flexibility index (Phi) is 7.33. The molecule has 9 atom stereocenters. The summed E-state index contributed by atoms with van der Waals surface area (Å²) in [5, 5.41) is 68.3. The van der Waals surface area contributed by atoms with E-state index in [0.717, 1.165) is 0 Å². The first-order valence-electron chi connectivity index (χ1n) is 7.79. The number of phosphoric acid groups is 1. The first kappa shape index (κ1) is 23.0. The van der Waals surface area contributed by atoms with Gasteiger partial charge in [0.25, 0.3) is 0 Å². The zero-order valence-corrected chi connectivity index (χ0v) is 14.6. The van der Waals surface area contributed by atoms with Crippen LogP contribution in [0.4, 0.5) is 0 Å². The Hall–Kier alpha value is -0.290. The standard InChI is InChI=1S/C12H23O14P/c13-1-4-6(15)8(17)9(18)11(24-4)26-12(3-14)10(19)7(16)5(25-12)2-23-27(20,21)22/h4-11,13-19H,1-3H2,(H2,20,21,22)/t4-,5+,6-,7+,8+,9-,10+,11+,12+/m0/s1. The van der Waals surface area contributed by atoms with Crippen molar-refractivity contribution in [1.29, 1.82) is 0 Å². The Morgan fingerprint density at radius 2 is 1.56 bits per heavy atom. The average Bonchev–Trinajstić information content (AvgIpc) is 2.85. The predicted molar refractivity (Wildman–Crippen MR) is 79.6 cm³/mol. The van der Waals surface area contributed by atoms with Crippen molar-refractivity contribution < 1.29 is 68.8 Å². The van der Waals surface area contributed by atoms with Crippen molar-refractivity contribution >= 4 is 7.82 Å². The first-order chi connectivity index (χ1) is 12.5. The summed E-state index contributed by atoms with van der Waals surface area (Å²) in [6.07, 6.45) is -13.9. The number of hydrogen-bond donors (Lipinski definition) is 9. The summed E-state index contributed by atoms with van der Waals surface area (Å²) in [5.74, 6) is -2.42. The summed E-state index contributed by atoms with van der Waals surface area (Å²) < 4.78 is 30.4. The van der Waals surface area contributed by atoms with Gasteiger partial charge in [0.15, 0.2) is 6.29 Å². The van der Waals surface area contributed by atoms with Crippen LogP contribution in [0.5, 0.6) is 0 Å². The molecule has 0 spiro atoms. The third-order valence-corrected chi connectivity index (χ3v) is 4.78. The van der Waals surface area contributed by atoms with Gasteiger partial charge in [-0.05, 0) is 0 Å². The molecular formula is C12H23O14P. The van der Waals surface area contributed by atoms with E-state index in [1.807, 2.05) is 0 Å². The molecule has 9 N–H and O–H groups in total. The molecule has 2 fully saturated rings. The Bertz CT molecular complexity index is 540. The van der Waals surface area contributed by atoms with E-state index in [0.29, 0.717) is 0 Å². The van der Waals surface area contributed by atoms with E-state index < -0.39 is 82.4 Å². The summed E-state index contributed by atoms with van der Waals surface area (Å²) in [5.41, 5.74) is 0. The highest BCUT2D eigenvalue weighted by Gasteiger charge is 2.58. The highest BCUT2D eigenvalue weighted by atomic mass is 31.2. The van der Waals surface area contributed by atoms with Crippen LogP contribution in [0.2, 0.25) is 0 Å². The van der Waals surface area contributed by atoms with E-state index in [1.165, 1.54) is 0 Å². The maximum Gasteiger partial charge on any atom is 0.469 e. The molecule has 27 heavy (non-hydrogen) atoms. The Morgan fingerprint density at radius 1 is 0.926 bits per heavy atom. The largest absolute Gasteiger partial charge is 0.469 e. The average molecular weight is 422 g/mol. The SMILES string of the molecule is O=P(O)(O)OC[C@H]1O[C@](CO)(O[C@H]2O[C@@H](CO)[C@H](O)[C@@H](O)[C@@H]2O)[C@H](O)[C@@H]1O. The van der Waals surface area contributed by atoms with Crippen LogP contribution >= 0.6 is 7.82 Å². The van der Waals surface area contributed by atoms with Crippen LogP contribution < -0.4 is 0 Å². The molecule has 0 bridgehead atoms. The molecule has 2 heterocycles. The van der Waals surface area contributed by atoms with Crippen molar-refractivity contribution in [2.24, 2.45) is 0 Å². The zero-order chi connectivity index (χ0) is 20.6. The fraction of sp³-hybridized carbons (Fsp3) is 1.00. The number of ether oxygens (including phenoxy) is 3. The van der Waals surface area contributed by atoms with E-state index in [2.05, 4.69) is 4.52 Å². The minimum atomic E-state index is -4.92. The topological polar surface area (TPSA) is 236 Å². The molecule has 0 radical (unpaired) electrons. The smallest absolute Gasteiger partial charge is 0.394 e. The Morgan fingerprint density at radius 3 is 2.07 bits per heavy atom. The monoisotopic (exact) mass is 422 g/mol. The van der Waals surface area contributed by atoms with Crippen LogP contribution in [0.15, 0.2) is 0 Å². The molecule has 2 rings (SSSR count). The molecule has 0 aliphatic carbocycles. The van der Waals surface area contributed by atoms with Gasteiger partial charge in [-0.2, -0.15) is 0 Å². The van der Waals surface area contributed by atoms with Crippen molar-refractivity contribution in [2.75, 3.05) is 19.8 Å². The second kappa shape index (κ2) is 8.61. The normalized spacial score (nSPS) is 46.0. The van der Waals surface area contributed by atoms with Gasteiger partial charge >= 0.3 is 7.82 Å². The van der Waals surface area contributed by atoms with Gasteiger partial charge < -0.3 is 59.7 Å². The van der Waals surface area contributed by atoms with Gasteiger partial charge in [0.05, 0.1) is 13.2 Å². The number of aliphatic hydroxyl groups is 7. The number of rotatable bonds is 7. The van der Waals surface area contributed by atoms with Crippen molar-refractivity contribution in [1.82, 2.24) is 0 Å². The minimum Gasteiger partial charge on any atom is -0.394 e. The molecule has 2 saturated heterocycles. The summed E-state index contributed by atoms with van der Waals surface area (Å²) in [4.78, 5) is 17.4. The van der Waals surface area contributed by atoms with Gasteiger partial charge in [0, 0.05) is 0 Å². The summed E-state index contributed by atoms with van der Waals surface area (Å²) in [6.45, 7) is -2.74. The van der Waals surface area contributed by atoms with Crippen LogP contribution in [0, 0.1) is 0 Å². The van der Waals surface area contributed by atoms with E-state index >= 15 is 0 Å². The molecule has 0 unspecified atom stereocenters. The Labute approximate surface area is 152 Å². The fourth-order valence-corrected chi connectivity index (χ4v) is 3.13. The van der Waals surface area contributed by atoms with E-state index in [1.54, 1.807) is 0 Å². The van der Waals surface area contributed by atoms with Gasteiger partial charge in [0.2, 0.25) is 5.79 Å². The molecule has 2 aliphatic heterocycles. The molecule has 15 heteroatoms. The van der Waals surface area contributed by atoms with Gasteiger partial charge in [0.1, 0.15) is 49.3 Å². The maximum atomic E-state index is 10.8. The number of aliphatic hydroxyl groups excluding tert-OH is 7. The van der Waals surface area contributed by atoms with Gasteiger partial charge in [-0.25, -0.2) is 4.57 Å². The summed E-state index contributed by atoms with van der Waals surface area (Å²) in [6, 6.07) is 0. The van der Waals surface area contributed by atoms with Gasteiger partial charge in [-0.3, -0.25) is 4.52 Å². The highest BCUT2D eigenvalue weighted by molar-refractivity contribution is 7.46. The molecule has 0 aromatic rings. The number of phosphoric ester groups is 1. The minimum absolute atomic E-state index is 0.762. The molecule has 0 saturated carbocycles. The zero-order valence-electron chi connectivity index (χ0n) is 13.8. The number of hydrogen-bond acceptors (Lipinski definition) is 12. The predicted octanol–water partition coefficient (Wildman–Crippen LogP) is -5.28. The second-order valence-corrected chi connectivity index (χ2v) is 7.40. The lowest BCUT2D eigenvalue weighted by atomic mass is 9.99. The lowest BCUT2D eigenvalue weighted by molar-refractivity contribution is -0.383. The van der Waals surface area contributed by atoms with Crippen molar-refractivity contribution in [3.8, 4) is 0 Å². The van der Waals surface area contributed by atoms with Crippen molar-refractivity contribution in [3.05, 3.63) is 0 Å². The van der Waals surface area contributed by atoms with Crippen LogP contribution in [0.3, 0.4) is 0 Å².